The van der Waals surface area contributed by atoms with Crippen molar-refractivity contribution in [2.24, 2.45) is 0 Å². The van der Waals surface area contributed by atoms with E-state index >= 15 is 0 Å². The van der Waals surface area contributed by atoms with Gasteiger partial charge in [0.05, 0.1) is 19.3 Å². The third kappa shape index (κ3) is 2.62. The number of rotatable bonds is 3. The molecule has 2 fully saturated rings. The summed E-state index contributed by atoms with van der Waals surface area (Å²) in [6.07, 6.45) is 5.12. The Kier molecular flexibility index (Phi) is 3.61. The number of morpholine rings is 1. The maximum atomic E-state index is 11.2. The molecule has 0 aromatic heterocycles. The minimum absolute atomic E-state index is 0.240. The molecule has 2 rings (SSSR count). The normalized spacial score (nSPS) is 30.5. The van der Waals surface area contributed by atoms with Gasteiger partial charge in [-0.15, -0.1) is 0 Å². The number of nitrogens with zero attached hydrogens (tertiary/aromatic N) is 1. The van der Waals surface area contributed by atoms with Crippen molar-refractivity contribution in [2.75, 3.05) is 26.7 Å². The first kappa shape index (κ1) is 11.6. The lowest BCUT2D eigenvalue weighted by Crippen LogP contribution is -2.42. The van der Waals surface area contributed by atoms with E-state index in [0.717, 1.165) is 19.6 Å². The molecule has 2 unspecified atom stereocenters. The van der Waals surface area contributed by atoms with Crippen LogP contribution in [0, 0.1) is 0 Å². The molecule has 0 aromatic rings. The predicted molar refractivity (Wildman–Crippen MR) is 60.1 cm³/mol. The van der Waals surface area contributed by atoms with E-state index in [2.05, 4.69) is 9.64 Å². The first-order valence-corrected chi connectivity index (χ1v) is 5.82. The van der Waals surface area contributed by atoms with Gasteiger partial charge in [-0.1, -0.05) is 6.08 Å². The van der Waals surface area contributed by atoms with Crippen molar-refractivity contribution in [2.45, 2.75) is 32.0 Å². The van der Waals surface area contributed by atoms with Crippen molar-refractivity contribution < 1.29 is 14.3 Å². The Morgan fingerprint density at radius 2 is 2.06 bits per heavy atom. The van der Waals surface area contributed by atoms with Crippen molar-refractivity contribution in [1.29, 1.82) is 0 Å². The lowest BCUT2D eigenvalue weighted by atomic mass is 10.2. The highest BCUT2D eigenvalue weighted by atomic mass is 16.5. The SMILES string of the molecule is COC(=O)C(C)=CCN1CC2CCC(C1)O2. The molecule has 0 saturated carbocycles. The molecule has 2 saturated heterocycles. The van der Waals surface area contributed by atoms with Gasteiger partial charge in [-0.3, -0.25) is 4.90 Å². The van der Waals surface area contributed by atoms with E-state index in [1.54, 1.807) is 6.92 Å². The van der Waals surface area contributed by atoms with E-state index in [0.29, 0.717) is 17.8 Å². The number of carbonyl (C=O) groups excluding carboxylic acids is 1. The molecular formula is C12H19NO3. The van der Waals surface area contributed by atoms with Crippen molar-refractivity contribution in [1.82, 2.24) is 4.90 Å². The molecule has 0 N–H and O–H groups in total. The van der Waals surface area contributed by atoms with Crippen LogP contribution in [0.4, 0.5) is 0 Å². The maximum absolute atomic E-state index is 11.2. The lowest BCUT2D eigenvalue weighted by Gasteiger charge is -2.31. The van der Waals surface area contributed by atoms with Gasteiger partial charge in [0.2, 0.25) is 0 Å². The van der Waals surface area contributed by atoms with Crippen LogP contribution < -0.4 is 0 Å². The van der Waals surface area contributed by atoms with Gasteiger partial charge in [-0.25, -0.2) is 4.79 Å². The van der Waals surface area contributed by atoms with Crippen molar-refractivity contribution in [3.05, 3.63) is 11.6 Å². The van der Waals surface area contributed by atoms with Gasteiger partial charge in [0.25, 0.3) is 0 Å². The van der Waals surface area contributed by atoms with Gasteiger partial charge in [0.1, 0.15) is 0 Å². The zero-order chi connectivity index (χ0) is 11.5. The molecular weight excluding hydrogens is 206 g/mol. The monoisotopic (exact) mass is 225 g/mol. The molecule has 16 heavy (non-hydrogen) atoms. The molecule has 0 spiro atoms. The first-order chi connectivity index (χ1) is 7.69. The lowest BCUT2D eigenvalue weighted by molar-refractivity contribution is -0.136. The quantitative estimate of drug-likeness (QED) is 0.530. The summed E-state index contributed by atoms with van der Waals surface area (Å²) in [5.41, 5.74) is 0.682. The van der Waals surface area contributed by atoms with Crippen LogP contribution in [0.15, 0.2) is 11.6 Å². The van der Waals surface area contributed by atoms with Gasteiger partial charge in [-0.05, 0) is 19.8 Å². The average molecular weight is 225 g/mol. The minimum atomic E-state index is -0.240. The fraction of sp³-hybridized carbons (Fsp3) is 0.750. The molecule has 4 nitrogen and oxygen atoms in total. The number of ether oxygens (including phenoxy) is 2. The first-order valence-electron chi connectivity index (χ1n) is 5.82. The fourth-order valence-electron chi connectivity index (χ4n) is 2.36. The molecule has 0 aliphatic carbocycles. The summed E-state index contributed by atoms with van der Waals surface area (Å²) in [5.74, 6) is -0.240. The summed E-state index contributed by atoms with van der Waals surface area (Å²) in [6, 6.07) is 0. The summed E-state index contributed by atoms with van der Waals surface area (Å²) >= 11 is 0. The predicted octanol–water partition coefficient (Wildman–Crippen LogP) is 0.969. The number of esters is 1. The van der Waals surface area contributed by atoms with Gasteiger partial charge in [0, 0.05) is 25.2 Å². The van der Waals surface area contributed by atoms with Crippen LogP contribution in [0.3, 0.4) is 0 Å². The molecule has 2 heterocycles. The largest absolute Gasteiger partial charge is 0.466 e. The van der Waals surface area contributed by atoms with E-state index in [-0.39, 0.29) is 5.97 Å². The molecule has 0 amide bonds. The Morgan fingerprint density at radius 3 is 2.62 bits per heavy atom. The molecule has 0 aromatic carbocycles. The Balaban J connectivity index is 1.84. The molecule has 0 radical (unpaired) electrons. The third-order valence-electron chi connectivity index (χ3n) is 3.28. The summed E-state index contributed by atoms with van der Waals surface area (Å²) in [7, 11) is 1.41. The zero-order valence-electron chi connectivity index (χ0n) is 9.94. The summed E-state index contributed by atoms with van der Waals surface area (Å²) in [5, 5.41) is 0. The second-order valence-corrected chi connectivity index (χ2v) is 4.55. The molecule has 2 atom stereocenters. The standard InChI is InChI=1S/C12H19NO3/c1-9(12(14)15-2)5-6-13-7-10-3-4-11(8-13)16-10/h5,10-11H,3-4,6-8H2,1-2H3. The second-order valence-electron chi connectivity index (χ2n) is 4.55. The average Bonchev–Trinajstić information content (AvgIpc) is 2.64. The number of fused-ring (bicyclic) bond motifs is 2. The summed E-state index contributed by atoms with van der Waals surface area (Å²) in [6.45, 7) is 4.58. The third-order valence-corrected chi connectivity index (χ3v) is 3.28. The number of hydrogen-bond donors (Lipinski definition) is 0. The van der Waals surface area contributed by atoms with Crippen molar-refractivity contribution >= 4 is 5.97 Å². The molecule has 4 heteroatoms. The van der Waals surface area contributed by atoms with Crippen molar-refractivity contribution in [3.63, 3.8) is 0 Å². The topological polar surface area (TPSA) is 38.8 Å². The Bertz CT molecular complexity index is 289. The number of methoxy groups -OCH3 is 1. The molecule has 2 bridgehead atoms. The highest BCUT2D eigenvalue weighted by Gasteiger charge is 2.32. The van der Waals surface area contributed by atoms with E-state index in [9.17, 15) is 4.79 Å². The van der Waals surface area contributed by atoms with Gasteiger partial charge in [0.15, 0.2) is 0 Å². The van der Waals surface area contributed by atoms with Crippen LogP contribution in [0.2, 0.25) is 0 Å². The maximum Gasteiger partial charge on any atom is 0.333 e. The minimum Gasteiger partial charge on any atom is -0.466 e. The van der Waals surface area contributed by atoms with E-state index < -0.39 is 0 Å². The van der Waals surface area contributed by atoms with Gasteiger partial charge in [-0.2, -0.15) is 0 Å². The summed E-state index contributed by atoms with van der Waals surface area (Å²) in [4.78, 5) is 13.5. The van der Waals surface area contributed by atoms with E-state index in [4.69, 9.17) is 4.74 Å². The van der Waals surface area contributed by atoms with Crippen LogP contribution in [0.25, 0.3) is 0 Å². The number of carbonyl (C=O) groups is 1. The highest BCUT2D eigenvalue weighted by Crippen LogP contribution is 2.25. The second kappa shape index (κ2) is 4.97. The van der Waals surface area contributed by atoms with Crippen molar-refractivity contribution in [3.8, 4) is 0 Å². The zero-order valence-corrected chi connectivity index (χ0v) is 9.94. The van der Waals surface area contributed by atoms with E-state index in [1.165, 1.54) is 20.0 Å². The van der Waals surface area contributed by atoms with Gasteiger partial charge < -0.3 is 9.47 Å². The molecule has 2 aliphatic heterocycles. The van der Waals surface area contributed by atoms with E-state index in [1.807, 2.05) is 6.08 Å². The Hall–Kier alpha value is -0.870. The molecule has 2 aliphatic rings. The van der Waals surface area contributed by atoms with Crippen LogP contribution in [-0.4, -0.2) is 49.8 Å². The van der Waals surface area contributed by atoms with Crippen LogP contribution in [-0.2, 0) is 14.3 Å². The highest BCUT2D eigenvalue weighted by molar-refractivity contribution is 5.87. The van der Waals surface area contributed by atoms with Crippen LogP contribution >= 0.6 is 0 Å². The fourth-order valence-corrected chi connectivity index (χ4v) is 2.36. The van der Waals surface area contributed by atoms with Gasteiger partial charge >= 0.3 is 5.97 Å². The summed E-state index contributed by atoms with van der Waals surface area (Å²) < 4.78 is 10.4. The molecule has 90 valence electrons. The van der Waals surface area contributed by atoms with Crippen LogP contribution in [0.1, 0.15) is 19.8 Å². The number of hydrogen-bond acceptors (Lipinski definition) is 4. The Labute approximate surface area is 96.2 Å². The number of likely N-dealkylation sites (tertiary alicyclic amines) is 1. The Morgan fingerprint density at radius 1 is 1.44 bits per heavy atom. The smallest absolute Gasteiger partial charge is 0.333 e. The van der Waals surface area contributed by atoms with Crippen LogP contribution in [0.5, 0.6) is 0 Å².